The molecule has 0 saturated heterocycles. The Morgan fingerprint density at radius 3 is 2.67 bits per heavy atom. The van der Waals surface area contributed by atoms with Gasteiger partial charge in [-0.2, -0.15) is 0 Å². The minimum absolute atomic E-state index is 0.0904. The predicted octanol–water partition coefficient (Wildman–Crippen LogP) is 3.56. The molecular weight excluding hydrogens is 309 g/mol. The van der Waals surface area contributed by atoms with Gasteiger partial charge in [0.25, 0.3) is 5.91 Å². The predicted molar refractivity (Wildman–Crippen MR) is 90.6 cm³/mol. The van der Waals surface area contributed by atoms with Crippen LogP contribution in [0.15, 0.2) is 48.5 Å². The van der Waals surface area contributed by atoms with Gasteiger partial charge in [-0.15, -0.1) is 0 Å². The fraction of sp³-hybridized carbons (Fsp3) is 0.316. The molecule has 0 aliphatic rings. The standard InChI is InChI=1S/C19H22FNO3/c1-23-14-15-5-4-6-16(13-15)19(22)21-11-2-3-12-24-18-9-7-17(20)8-10-18/h4-10,13H,2-3,11-12,14H2,1H3,(H,21,22). The van der Waals surface area contributed by atoms with Crippen LogP contribution in [0.4, 0.5) is 4.39 Å². The molecule has 0 aromatic heterocycles. The maximum absolute atomic E-state index is 12.8. The Morgan fingerprint density at radius 1 is 1.12 bits per heavy atom. The van der Waals surface area contributed by atoms with Crippen molar-refractivity contribution in [3.05, 3.63) is 65.5 Å². The van der Waals surface area contributed by atoms with Crippen LogP contribution in [0.5, 0.6) is 5.75 Å². The van der Waals surface area contributed by atoms with Gasteiger partial charge in [0.1, 0.15) is 11.6 Å². The van der Waals surface area contributed by atoms with E-state index < -0.39 is 0 Å². The Hall–Kier alpha value is -2.40. The minimum Gasteiger partial charge on any atom is -0.494 e. The summed E-state index contributed by atoms with van der Waals surface area (Å²) in [5.74, 6) is 0.280. The number of hydrogen-bond donors (Lipinski definition) is 1. The first-order valence-electron chi connectivity index (χ1n) is 7.93. The average Bonchev–Trinajstić information content (AvgIpc) is 2.60. The fourth-order valence-corrected chi connectivity index (χ4v) is 2.22. The molecule has 2 aromatic rings. The summed E-state index contributed by atoms with van der Waals surface area (Å²) in [4.78, 5) is 12.1. The Labute approximate surface area is 141 Å². The van der Waals surface area contributed by atoms with Gasteiger partial charge in [0.05, 0.1) is 13.2 Å². The monoisotopic (exact) mass is 331 g/mol. The molecule has 24 heavy (non-hydrogen) atoms. The number of carbonyl (C=O) groups excluding carboxylic acids is 1. The molecular formula is C19H22FNO3. The van der Waals surface area contributed by atoms with E-state index >= 15 is 0 Å². The number of ether oxygens (including phenoxy) is 2. The van der Waals surface area contributed by atoms with Crippen molar-refractivity contribution >= 4 is 5.91 Å². The van der Waals surface area contributed by atoms with Gasteiger partial charge in [0.2, 0.25) is 0 Å². The van der Waals surface area contributed by atoms with Crippen LogP contribution in [-0.2, 0) is 11.3 Å². The Bertz CT molecular complexity index is 643. The molecule has 1 amide bonds. The first kappa shape index (κ1) is 17.9. The third-order valence-electron chi connectivity index (χ3n) is 3.44. The summed E-state index contributed by atoms with van der Waals surface area (Å²) in [6.45, 7) is 1.60. The summed E-state index contributed by atoms with van der Waals surface area (Å²) >= 11 is 0. The van der Waals surface area contributed by atoms with Crippen LogP contribution in [0.3, 0.4) is 0 Å². The van der Waals surface area contributed by atoms with Crippen molar-refractivity contribution in [2.24, 2.45) is 0 Å². The lowest BCUT2D eigenvalue weighted by Crippen LogP contribution is -2.24. The van der Waals surface area contributed by atoms with Crippen LogP contribution in [0.25, 0.3) is 0 Å². The van der Waals surface area contributed by atoms with Crippen molar-refractivity contribution in [2.75, 3.05) is 20.3 Å². The number of nitrogens with one attached hydrogen (secondary N) is 1. The van der Waals surface area contributed by atoms with E-state index in [1.807, 2.05) is 18.2 Å². The van der Waals surface area contributed by atoms with E-state index in [1.165, 1.54) is 12.1 Å². The third-order valence-corrected chi connectivity index (χ3v) is 3.44. The van der Waals surface area contributed by atoms with E-state index in [1.54, 1.807) is 25.3 Å². The van der Waals surface area contributed by atoms with E-state index in [-0.39, 0.29) is 11.7 Å². The molecule has 0 radical (unpaired) electrons. The molecule has 4 nitrogen and oxygen atoms in total. The van der Waals surface area contributed by atoms with Gasteiger partial charge in [-0.1, -0.05) is 12.1 Å². The molecule has 0 aliphatic heterocycles. The van der Waals surface area contributed by atoms with Crippen molar-refractivity contribution < 1.29 is 18.7 Å². The maximum Gasteiger partial charge on any atom is 0.251 e. The zero-order valence-corrected chi connectivity index (χ0v) is 13.8. The van der Waals surface area contributed by atoms with Crippen molar-refractivity contribution in [1.29, 1.82) is 0 Å². The average molecular weight is 331 g/mol. The van der Waals surface area contributed by atoms with Crippen molar-refractivity contribution in [2.45, 2.75) is 19.4 Å². The second kappa shape index (κ2) is 9.67. The van der Waals surface area contributed by atoms with Gasteiger partial charge < -0.3 is 14.8 Å². The summed E-state index contributed by atoms with van der Waals surface area (Å²) < 4.78 is 23.3. The van der Waals surface area contributed by atoms with Crippen LogP contribution in [0.1, 0.15) is 28.8 Å². The molecule has 1 N–H and O–H groups in total. The van der Waals surface area contributed by atoms with Gasteiger partial charge in [0.15, 0.2) is 0 Å². The zero-order valence-electron chi connectivity index (χ0n) is 13.8. The number of methoxy groups -OCH3 is 1. The molecule has 5 heteroatoms. The quantitative estimate of drug-likeness (QED) is 0.715. The molecule has 2 rings (SSSR count). The second-order valence-corrected chi connectivity index (χ2v) is 5.40. The summed E-state index contributed by atoms with van der Waals surface area (Å²) in [5.41, 5.74) is 1.60. The Morgan fingerprint density at radius 2 is 1.92 bits per heavy atom. The van der Waals surface area contributed by atoms with E-state index in [0.29, 0.717) is 31.1 Å². The second-order valence-electron chi connectivity index (χ2n) is 5.40. The number of benzene rings is 2. The molecule has 0 spiro atoms. The minimum atomic E-state index is -0.278. The molecule has 0 bridgehead atoms. The number of carbonyl (C=O) groups is 1. The molecule has 0 atom stereocenters. The highest BCUT2D eigenvalue weighted by Gasteiger charge is 2.05. The van der Waals surface area contributed by atoms with Gasteiger partial charge >= 0.3 is 0 Å². The lowest BCUT2D eigenvalue weighted by molar-refractivity contribution is 0.0952. The normalized spacial score (nSPS) is 10.4. The molecule has 128 valence electrons. The Kier molecular flexibility index (Phi) is 7.23. The van der Waals surface area contributed by atoms with Crippen LogP contribution in [0, 0.1) is 5.82 Å². The van der Waals surface area contributed by atoms with Gasteiger partial charge in [-0.3, -0.25) is 4.79 Å². The lowest BCUT2D eigenvalue weighted by Gasteiger charge is -2.08. The summed E-state index contributed by atoms with van der Waals surface area (Å²) in [7, 11) is 1.63. The lowest BCUT2D eigenvalue weighted by atomic mass is 10.1. The van der Waals surface area contributed by atoms with Crippen LogP contribution in [-0.4, -0.2) is 26.2 Å². The number of hydrogen-bond acceptors (Lipinski definition) is 3. The van der Waals surface area contributed by atoms with Crippen molar-refractivity contribution in [3.8, 4) is 5.75 Å². The van der Waals surface area contributed by atoms with E-state index in [9.17, 15) is 9.18 Å². The maximum atomic E-state index is 12.8. The van der Waals surface area contributed by atoms with Crippen LogP contribution >= 0.6 is 0 Å². The van der Waals surface area contributed by atoms with E-state index in [2.05, 4.69) is 5.32 Å². The topological polar surface area (TPSA) is 47.6 Å². The molecule has 0 saturated carbocycles. The van der Waals surface area contributed by atoms with Crippen LogP contribution in [0.2, 0.25) is 0 Å². The Balaban J connectivity index is 1.64. The van der Waals surface area contributed by atoms with Gasteiger partial charge in [-0.05, 0) is 54.8 Å². The van der Waals surface area contributed by atoms with E-state index in [0.717, 1.165) is 18.4 Å². The first-order valence-corrected chi connectivity index (χ1v) is 7.93. The smallest absolute Gasteiger partial charge is 0.251 e. The number of unbranched alkanes of at least 4 members (excludes halogenated alkanes) is 1. The van der Waals surface area contributed by atoms with Crippen LogP contribution < -0.4 is 10.1 Å². The molecule has 0 unspecified atom stereocenters. The summed E-state index contributed by atoms with van der Waals surface area (Å²) in [6, 6.07) is 13.3. The van der Waals surface area contributed by atoms with E-state index in [4.69, 9.17) is 9.47 Å². The number of halogens is 1. The highest BCUT2D eigenvalue weighted by atomic mass is 19.1. The number of amides is 1. The fourth-order valence-electron chi connectivity index (χ4n) is 2.22. The molecule has 0 heterocycles. The zero-order chi connectivity index (χ0) is 17.2. The van der Waals surface area contributed by atoms with Gasteiger partial charge in [-0.25, -0.2) is 4.39 Å². The highest BCUT2D eigenvalue weighted by molar-refractivity contribution is 5.94. The number of rotatable bonds is 9. The largest absolute Gasteiger partial charge is 0.494 e. The summed E-state index contributed by atoms with van der Waals surface area (Å²) in [6.07, 6.45) is 1.62. The summed E-state index contributed by atoms with van der Waals surface area (Å²) in [5, 5.41) is 2.89. The third kappa shape index (κ3) is 6.01. The SMILES string of the molecule is COCc1cccc(C(=O)NCCCCOc2ccc(F)cc2)c1. The molecule has 2 aromatic carbocycles. The van der Waals surface area contributed by atoms with Gasteiger partial charge in [0, 0.05) is 19.2 Å². The molecule has 0 fully saturated rings. The van der Waals surface area contributed by atoms with Crippen molar-refractivity contribution in [1.82, 2.24) is 5.32 Å². The van der Waals surface area contributed by atoms with Crippen molar-refractivity contribution in [3.63, 3.8) is 0 Å². The first-order chi connectivity index (χ1) is 11.7. The highest BCUT2D eigenvalue weighted by Crippen LogP contribution is 2.11. The molecule has 0 aliphatic carbocycles.